The van der Waals surface area contributed by atoms with E-state index in [1.807, 2.05) is 48.7 Å². The molecular weight excluding hydrogens is 410 g/mol. The van der Waals surface area contributed by atoms with E-state index >= 15 is 0 Å². The minimum atomic E-state index is -0.0736. The molecule has 0 unspecified atom stereocenters. The van der Waals surface area contributed by atoms with Gasteiger partial charge < -0.3 is 14.8 Å². The number of carbonyl (C=O) groups excluding carboxylic acids is 1. The third-order valence-corrected chi connectivity index (χ3v) is 4.44. The summed E-state index contributed by atoms with van der Waals surface area (Å²) in [5, 5.41) is 7.24. The molecule has 0 aliphatic carbocycles. The van der Waals surface area contributed by atoms with Crippen molar-refractivity contribution in [3.63, 3.8) is 0 Å². The molecule has 0 fully saturated rings. The number of amides is 1. The molecule has 0 bridgehead atoms. The van der Waals surface area contributed by atoms with Crippen LogP contribution in [0.25, 0.3) is 5.69 Å². The van der Waals surface area contributed by atoms with Gasteiger partial charge in [0.05, 0.1) is 36.3 Å². The number of aryl methyl sites for hydroxylation is 1. The summed E-state index contributed by atoms with van der Waals surface area (Å²) in [4.78, 5) is 12.5. The fourth-order valence-electron chi connectivity index (χ4n) is 2.69. The van der Waals surface area contributed by atoms with Crippen molar-refractivity contribution in [2.24, 2.45) is 0 Å². The van der Waals surface area contributed by atoms with Gasteiger partial charge >= 0.3 is 0 Å². The Kier molecular flexibility index (Phi) is 6.13. The normalized spacial score (nSPS) is 10.5. The molecule has 2 aromatic carbocycles. The van der Waals surface area contributed by atoms with E-state index in [1.165, 1.54) is 0 Å². The molecule has 1 amide bonds. The molecule has 6 nitrogen and oxygen atoms in total. The Labute approximate surface area is 166 Å². The van der Waals surface area contributed by atoms with Crippen molar-refractivity contribution in [2.75, 3.05) is 19.5 Å². The number of hydrogen-bond donors (Lipinski definition) is 1. The number of rotatable bonds is 7. The third kappa shape index (κ3) is 4.89. The lowest BCUT2D eigenvalue weighted by atomic mass is 10.1. The number of nitrogens with one attached hydrogen (secondary N) is 1. The summed E-state index contributed by atoms with van der Waals surface area (Å²) in [5.41, 5.74) is 2.49. The number of anilines is 1. The largest absolute Gasteiger partial charge is 0.497 e. The summed E-state index contributed by atoms with van der Waals surface area (Å²) < 4.78 is 13.1. The van der Waals surface area contributed by atoms with Crippen LogP contribution in [-0.2, 0) is 11.2 Å². The van der Waals surface area contributed by atoms with Crippen LogP contribution >= 0.6 is 15.9 Å². The molecule has 0 saturated carbocycles. The third-order valence-electron chi connectivity index (χ3n) is 4.03. The van der Waals surface area contributed by atoms with Crippen LogP contribution in [0.4, 0.5) is 5.69 Å². The van der Waals surface area contributed by atoms with Crippen molar-refractivity contribution in [1.82, 2.24) is 9.78 Å². The molecular formula is C20H20BrN3O3. The molecule has 0 aliphatic rings. The molecule has 27 heavy (non-hydrogen) atoms. The maximum Gasteiger partial charge on any atom is 0.224 e. The number of carbonyl (C=O) groups is 1. The van der Waals surface area contributed by atoms with E-state index in [0.29, 0.717) is 30.0 Å². The number of nitrogens with zero attached hydrogens (tertiary/aromatic N) is 2. The van der Waals surface area contributed by atoms with Crippen molar-refractivity contribution in [2.45, 2.75) is 12.8 Å². The summed E-state index contributed by atoms with van der Waals surface area (Å²) in [5.74, 6) is 1.34. The van der Waals surface area contributed by atoms with Gasteiger partial charge in [-0.2, -0.15) is 5.10 Å². The highest BCUT2D eigenvalue weighted by Crippen LogP contribution is 2.24. The molecule has 140 valence electrons. The fraction of sp³-hybridized carbons (Fsp3) is 0.200. The maximum absolute atomic E-state index is 12.5. The minimum absolute atomic E-state index is 0.0736. The highest BCUT2D eigenvalue weighted by atomic mass is 79.9. The van der Waals surface area contributed by atoms with Crippen LogP contribution in [0, 0.1) is 0 Å². The van der Waals surface area contributed by atoms with Gasteiger partial charge in [-0.05, 0) is 52.2 Å². The van der Waals surface area contributed by atoms with Gasteiger partial charge in [-0.1, -0.05) is 12.1 Å². The average molecular weight is 430 g/mol. The summed E-state index contributed by atoms with van der Waals surface area (Å²) in [6.45, 7) is 0. The first-order valence-corrected chi connectivity index (χ1v) is 9.19. The van der Waals surface area contributed by atoms with Crippen LogP contribution in [-0.4, -0.2) is 29.9 Å². The quantitative estimate of drug-likeness (QED) is 0.610. The lowest BCUT2D eigenvalue weighted by molar-refractivity contribution is -0.116. The first-order chi connectivity index (χ1) is 13.1. The zero-order valence-corrected chi connectivity index (χ0v) is 16.7. The van der Waals surface area contributed by atoms with Gasteiger partial charge in [-0.15, -0.1) is 0 Å². The van der Waals surface area contributed by atoms with E-state index in [9.17, 15) is 4.79 Å². The highest BCUT2D eigenvalue weighted by molar-refractivity contribution is 9.10. The molecule has 1 heterocycles. The van der Waals surface area contributed by atoms with Crippen LogP contribution in [0.2, 0.25) is 0 Å². The maximum atomic E-state index is 12.5. The molecule has 0 aliphatic heterocycles. The van der Waals surface area contributed by atoms with Gasteiger partial charge in [0.15, 0.2) is 0 Å². The van der Waals surface area contributed by atoms with Gasteiger partial charge in [-0.3, -0.25) is 4.79 Å². The Morgan fingerprint density at radius 3 is 2.48 bits per heavy atom. The Morgan fingerprint density at radius 2 is 1.85 bits per heavy atom. The molecule has 1 N–H and O–H groups in total. The van der Waals surface area contributed by atoms with Crippen LogP contribution in [0.3, 0.4) is 0 Å². The van der Waals surface area contributed by atoms with Crippen LogP contribution in [0.5, 0.6) is 11.5 Å². The zero-order valence-electron chi connectivity index (χ0n) is 15.1. The van der Waals surface area contributed by atoms with Gasteiger partial charge in [0.2, 0.25) is 5.91 Å². The second kappa shape index (κ2) is 8.73. The fourth-order valence-corrected chi connectivity index (χ4v) is 2.98. The number of methoxy groups -OCH3 is 2. The lowest BCUT2D eigenvalue weighted by Crippen LogP contribution is -2.14. The highest BCUT2D eigenvalue weighted by Gasteiger charge is 2.10. The Balaban J connectivity index is 1.69. The summed E-state index contributed by atoms with van der Waals surface area (Å²) >= 11 is 3.39. The zero-order chi connectivity index (χ0) is 19.2. The summed E-state index contributed by atoms with van der Waals surface area (Å²) in [6.07, 6.45) is 4.46. The second-order valence-electron chi connectivity index (χ2n) is 5.89. The first kappa shape index (κ1) is 19.0. The Morgan fingerprint density at radius 1 is 1.15 bits per heavy atom. The molecule has 1 aromatic heterocycles. The average Bonchev–Trinajstić information content (AvgIpc) is 3.12. The Bertz CT molecular complexity index is 917. The standard InChI is InChI=1S/C20H20BrN3O3/c1-26-16-9-14(10-17(11-16)27-2)7-8-20(25)23-18-5-3-4-6-19(18)24-13-15(21)12-22-24/h3-6,9-13H,7-8H2,1-2H3,(H,23,25). The number of aromatic nitrogens is 2. The van der Waals surface area contributed by atoms with E-state index in [0.717, 1.165) is 15.7 Å². The number of para-hydroxylation sites is 2. The van der Waals surface area contributed by atoms with Gasteiger partial charge in [0, 0.05) is 18.7 Å². The van der Waals surface area contributed by atoms with Crippen LogP contribution in [0.1, 0.15) is 12.0 Å². The molecule has 3 aromatic rings. The van der Waals surface area contributed by atoms with Crippen LogP contribution in [0.15, 0.2) is 59.3 Å². The SMILES string of the molecule is COc1cc(CCC(=O)Nc2ccccc2-n2cc(Br)cn2)cc(OC)c1. The number of ether oxygens (including phenoxy) is 2. The lowest BCUT2D eigenvalue weighted by Gasteiger charge is -2.12. The topological polar surface area (TPSA) is 65.4 Å². The second-order valence-corrected chi connectivity index (χ2v) is 6.81. The van der Waals surface area contributed by atoms with E-state index in [2.05, 4.69) is 26.3 Å². The molecule has 0 spiro atoms. The van der Waals surface area contributed by atoms with E-state index in [4.69, 9.17) is 9.47 Å². The van der Waals surface area contributed by atoms with E-state index in [-0.39, 0.29) is 5.91 Å². The van der Waals surface area contributed by atoms with Crippen molar-refractivity contribution in [3.05, 3.63) is 64.9 Å². The van der Waals surface area contributed by atoms with Crippen molar-refractivity contribution in [1.29, 1.82) is 0 Å². The predicted molar refractivity (Wildman–Crippen MR) is 108 cm³/mol. The molecule has 7 heteroatoms. The minimum Gasteiger partial charge on any atom is -0.497 e. The number of hydrogen-bond acceptors (Lipinski definition) is 4. The smallest absolute Gasteiger partial charge is 0.224 e. The van der Waals surface area contributed by atoms with Crippen molar-refractivity contribution < 1.29 is 14.3 Å². The monoisotopic (exact) mass is 429 g/mol. The Hall–Kier alpha value is -2.80. The number of halogens is 1. The van der Waals surface area contributed by atoms with Gasteiger partial charge in [0.1, 0.15) is 11.5 Å². The van der Waals surface area contributed by atoms with Crippen molar-refractivity contribution >= 4 is 27.5 Å². The van der Waals surface area contributed by atoms with Gasteiger partial charge in [0.25, 0.3) is 0 Å². The van der Waals surface area contributed by atoms with Crippen LogP contribution < -0.4 is 14.8 Å². The molecule has 3 rings (SSSR count). The molecule has 0 saturated heterocycles. The van der Waals surface area contributed by atoms with E-state index in [1.54, 1.807) is 25.1 Å². The summed E-state index contributed by atoms with van der Waals surface area (Å²) in [6, 6.07) is 13.2. The van der Waals surface area contributed by atoms with E-state index < -0.39 is 0 Å². The van der Waals surface area contributed by atoms with Gasteiger partial charge in [-0.25, -0.2) is 4.68 Å². The van der Waals surface area contributed by atoms with Crippen molar-refractivity contribution in [3.8, 4) is 17.2 Å². The number of benzene rings is 2. The summed E-state index contributed by atoms with van der Waals surface area (Å²) in [7, 11) is 3.21. The molecule has 0 radical (unpaired) electrons. The predicted octanol–water partition coefficient (Wildman–Crippen LogP) is 4.22. The molecule has 0 atom stereocenters. The first-order valence-electron chi connectivity index (χ1n) is 8.40.